The van der Waals surface area contributed by atoms with Crippen LogP contribution in [0.25, 0.3) is 0 Å². The van der Waals surface area contributed by atoms with Crippen LogP contribution in [0.4, 0.5) is 13.2 Å². The maximum absolute atomic E-state index is 11.8. The molecule has 0 aromatic carbocycles. The number of hydrogen-bond donors (Lipinski definition) is 2. The Morgan fingerprint density at radius 3 is 2.33 bits per heavy atom. The van der Waals surface area contributed by atoms with Gasteiger partial charge in [0.1, 0.15) is 6.54 Å². The molecule has 0 bridgehead atoms. The van der Waals surface area contributed by atoms with Gasteiger partial charge in [-0.1, -0.05) is 0 Å². The lowest BCUT2D eigenvalue weighted by molar-refractivity contribution is -0.158. The van der Waals surface area contributed by atoms with Gasteiger partial charge in [0, 0.05) is 7.05 Å². The van der Waals surface area contributed by atoms with Crippen molar-refractivity contribution in [1.82, 2.24) is 10.2 Å². The third-order valence-electron chi connectivity index (χ3n) is 1.46. The first-order chi connectivity index (χ1) is 6.76. The number of hydrogen-bond acceptors (Lipinski definition) is 3. The van der Waals surface area contributed by atoms with Crippen LogP contribution in [-0.2, 0) is 9.59 Å². The van der Waals surface area contributed by atoms with E-state index >= 15 is 0 Å². The number of nitrogens with one attached hydrogen (secondary N) is 1. The Hall–Kier alpha value is -1.31. The van der Waals surface area contributed by atoms with Crippen molar-refractivity contribution in [2.75, 3.05) is 26.7 Å². The second-order valence-corrected chi connectivity index (χ2v) is 2.85. The SMILES string of the molecule is CN(CC(F)(F)F)C(=O)CNC(=O)CN. The van der Waals surface area contributed by atoms with Crippen molar-refractivity contribution in [3.05, 3.63) is 0 Å². The summed E-state index contributed by atoms with van der Waals surface area (Å²) in [5, 5.41) is 2.08. The van der Waals surface area contributed by atoms with Crippen molar-refractivity contribution in [1.29, 1.82) is 0 Å². The smallest absolute Gasteiger partial charge is 0.346 e. The number of alkyl halides is 3. The molecule has 8 heteroatoms. The summed E-state index contributed by atoms with van der Waals surface area (Å²) in [6.07, 6.45) is -4.44. The molecule has 0 fully saturated rings. The number of halogens is 3. The highest BCUT2D eigenvalue weighted by Gasteiger charge is 2.31. The molecule has 0 aliphatic heterocycles. The van der Waals surface area contributed by atoms with E-state index in [0.717, 1.165) is 7.05 Å². The van der Waals surface area contributed by atoms with Gasteiger partial charge in [0.05, 0.1) is 13.1 Å². The number of nitrogens with zero attached hydrogens (tertiary/aromatic N) is 1. The molecule has 88 valence electrons. The van der Waals surface area contributed by atoms with Gasteiger partial charge in [0.15, 0.2) is 0 Å². The van der Waals surface area contributed by atoms with Crippen LogP contribution in [0.5, 0.6) is 0 Å². The van der Waals surface area contributed by atoms with Crippen LogP contribution >= 0.6 is 0 Å². The van der Waals surface area contributed by atoms with Gasteiger partial charge in [-0.2, -0.15) is 13.2 Å². The summed E-state index contributed by atoms with van der Waals surface area (Å²) in [5.74, 6) is -1.42. The molecular weight excluding hydrogens is 215 g/mol. The Morgan fingerprint density at radius 2 is 1.93 bits per heavy atom. The molecule has 0 aliphatic rings. The highest BCUT2D eigenvalue weighted by Crippen LogP contribution is 2.15. The molecule has 15 heavy (non-hydrogen) atoms. The molecular formula is C7H12F3N3O2. The summed E-state index contributed by atoms with van der Waals surface area (Å²) in [4.78, 5) is 22.1. The van der Waals surface area contributed by atoms with E-state index in [1.54, 1.807) is 0 Å². The largest absolute Gasteiger partial charge is 0.406 e. The summed E-state index contributed by atoms with van der Waals surface area (Å²) in [7, 11) is 1.00. The van der Waals surface area contributed by atoms with E-state index in [9.17, 15) is 22.8 Å². The second-order valence-electron chi connectivity index (χ2n) is 2.85. The third-order valence-corrected chi connectivity index (χ3v) is 1.46. The van der Waals surface area contributed by atoms with E-state index in [4.69, 9.17) is 5.73 Å². The number of carbonyl (C=O) groups excluding carboxylic acids is 2. The van der Waals surface area contributed by atoms with Crippen LogP contribution in [0.2, 0.25) is 0 Å². The van der Waals surface area contributed by atoms with Crippen LogP contribution in [0.3, 0.4) is 0 Å². The monoisotopic (exact) mass is 227 g/mol. The minimum Gasteiger partial charge on any atom is -0.346 e. The first-order valence-corrected chi connectivity index (χ1v) is 4.03. The average Bonchev–Trinajstić information content (AvgIpc) is 2.10. The van der Waals surface area contributed by atoms with E-state index in [1.165, 1.54) is 0 Å². The number of nitrogens with two attached hydrogens (primary N) is 1. The number of likely N-dealkylation sites (N-methyl/N-ethyl adjacent to an activating group) is 1. The Balaban J connectivity index is 3.95. The van der Waals surface area contributed by atoms with Gasteiger partial charge in [0.25, 0.3) is 0 Å². The molecule has 3 N–H and O–H groups in total. The van der Waals surface area contributed by atoms with Gasteiger partial charge < -0.3 is 16.0 Å². The molecule has 0 spiro atoms. The van der Waals surface area contributed by atoms with E-state index in [0.29, 0.717) is 4.90 Å². The maximum atomic E-state index is 11.8. The van der Waals surface area contributed by atoms with Gasteiger partial charge in [-0.05, 0) is 0 Å². The molecule has 0 saturated heterocycles. The van der Waals surface area contributed by atoms with E-state index in [1.807, 2.05) is 0 Å². The normalized spacial score (nSPS) is 11.0. The van der Waals surface area contributed by atoms with Gasteiger partial charge in [-0.15, -0.1) is 0 Å². The summed E-state index contributed by atoms with van der Waals surface area (Å²) in [6, 6.07) is 0. The standard InChI is InChI=1S/C7H12F3N3O2/c1-13(4-7(8,9)10)6(15)3-12-5(14)2-11/h2-4,11H2,1H3,(H,12,14). The zero-order valence-corrected chi connectivity index (χ0v) is 8.10. The number of carbonyl (C=O) groups is 2. The average molecular weight is 227 g/mol. The molecule has 0 heterocycles. The van der Waals surface area contributed by atoms with Crippen molar-refractivity contribution in [3.63, 3.8) is 0 Å². The molecule has 0 atom stereocenters. The molecule has 5 nitrogen and oxygen atoms in total. The minimum atomic E-state index is -4.44. The highest BCUT2D eigenvalue weighted by atomic mass is 19.4. The van der Waals surface area contributed by atoms with Crippen LogP contribution in [0.15, 0.2) is 0 Å². The van der Waals surface area contributed by atoms with Crippen molar-refractivity contribution in [3.8, 4) is 0 Å². The fraction of sp³-hybridized carbons (Fsp3) is 0.714. The van der Waals surface area contributed by atoms with E-state index in [-0.39, 0.29) is 6.54 Å². The summed E-state index contributed by atoms with van der Waals surface area (Å²) in [5.41, 5.74) is 4.92. The topological polar surface area (TPSA) is 75.4 Å². The first-order valence-electron chi connectivity index (χ1n) is 4.03. The zero-order chi connectivity index (χ0) is 12.1. The molecule has 0 unspecified atom stereocenters. The Labute approximate surface area is 84.4 Å². The molecule has 0 aromatic rings. The van der Waals surface area contributed by atoms with Crippen LogP contribution in [0, 0.1) is 0 Å². The summed E-state index contributed by atoms with van der Waals surface area (Å²) < 4.78 is 35.5. The summed E-state index contributed by atoms with van der Waals surface area (Å²) >= 11 is 0. The quantitative estimate of drug-likeness (QED) is 0.652. The maximum Gasteiger partial charge on any atom is 0.406 e. The van der Waals surface area contributed by atoms with Crippen molar-refractivity contribution < 1.29 is 22.8 Å². The lowest BCUT2D eigenvalue weighted by atomic mass is 10.4. The molecule has 0 rings (SSSR count). The van der Waals surface area contributed by atoms with Crippen LogP contribution in [-0.4, -0.2) is 49.6 Å². The van der Waals surface area contributed by atoms with E-state index < -0.39 is 31.1 Å². The predicted molar refractivity (Wildman–Crippen MR) is 45.8 cm³/mol. The lowest BCUT2D eigenvalue weighted by Crippen LogP contribution is -2.43. The van der Waals surface area contributed by atoms with Crippen molar-refractivity contribution in [2.45, 2.75) is 6.18 Å². The number of rotatable bonds is 4. The Kier molecular flexibility index (Phi) is 5.06. The molecule has 0 aromatic heterocycles. The van der Waals surface area contributed by atoms with Gasteiger partial charge in [-0.25, -0.2) is 0 Å². The second kappa shape index (κ2) is 5.54. The molecule has 0 radical (unpaired) electrons. The Morgan fingerprint density at radius 1 is 1.40 bits per heavy atom. The van der Waals surface area contributed by atoms with Gasteiger partial charge in [0.2, 0.25) is 11.8 Å². The van der Waals surface area contributed by atoms with Crippen LogP contribution in [0.1, 0.15) is 0 Å². The van der Waals surface area contributed by atoms with Gasteiger partial charge in [-0.3, -0.25) is 9.59 Å². The zero-order valence-electron chi connectivity index (χ0n) is 8.10. The number of amides is 2. The fourth-order valence-corrected chi connectivity index (χ4v) is 0.738. The Bertz CT molecular complexity index is 242. The third kappa shape index (κ3) is 6.72. The first kappa shape index (κ1) is 13.7. The predicted octanol–water partition coefficient (Wildman–Crippen LogP) is -0.918. The van der Waals surface area contributed by atoms with Crippen molar-refractivity contribution >= 4 is 11.8 Å². The fourth-order valence-electron chi connectivity index (χ4n) is 0.738. The minimum absolute atomic E-state index is 0.309. The molecule has 2 amide bonds. The molecule has 0 saturated carbocycles. The highest BCUT2D eigenvalue weighted by molar-refractivity contribution is 5.85. The van der Waals surface area contributed by atoms with Crippen LogP contribution < -0.4 is 11.1 Å². The van der Waals surface area contributed by atoms with Gasteiger partial charge >= 0.3 is 6.18 Å². The molecule has 0 aliphatic carbocycles. The van der Waals surface area contributed by atoms with Crippen molar-refractivity contribution in [2.24, 2.45) is 5.73 Å². The lowest BCUT2D eigenvalue weighted by Gasteiger charge is -2.18. The summed E-state index contributed by atoms with van der Waals surface area (Å²) in [6.45, 7) is -2.14. The van der Waals surface area contributed by atoms with E-state index in [2.05, 4.69) is 5.32 Å².